The van der Waals surface area contributed by atoms with E-state index >= 15 is 0 Å². The molecule has 3 aromatic heterocycles. The van der Waals surface area contributed by atoms with Crippen LogP contribution < -0.4 is 10.2 Å². The number of nitrogens with zero attached hydrogens (tertiary/aromatic N) is 6. The Labute approximate surface area is 194 Å². The van der Waals surface area contributed by atoms with Crippen molar-refractivity contribution in [3.63, 3.8) is 0 Å². The predicted molar refractivity (Wildman–Crippen MR) is 114 cm³/mol. The minimum atomic E-state index is -1.33. The lowest BCUT2D eigenvalue weighted by Gasteiger charge is -2.15. The van der Waals surface area contributed by atoms with Gasteiger partial charge in [-0.1, -0.05) is 5.16 Å². The first-order chi connectivity index (χ1) is 16.9. The number of halogens is 2. The highest BCUT2D eigenvalue weighted by Gasteiger charge is 2.34. The fourth-order valence-electron chi connectivity index (χ4n) is 3.68. The molecular weight excluding hydrogens is 468 g/mol. The number of nitrogens with one attached hydrogen (secondary N) is 1. The van der Waals surface area contributed by atoms with Crippen LogP contribution in [0.3, 0.4) is 0 Å². The van der Waals surface area contributed by atoms with Gasteiger partial charge < -0.3 is 14.4 Å². The number of carbonyl (C=O) groups excluding carboxylic acids is 1. The number of rotatable bonds is 6. The molecule has 1 saturated heterocycles. The lowest BCUT2D eigenvalue weighted by molar-refractivity contribution is 0.141. The van der Waals surface area contributed by atoms with Gasteiger partial charge in [-0.3, -0.25) is 10.2 Å². The Hall–Kier alpha value is -4.88. The summed E-state index contributed by atoms with van der Waals surface area (Å²) in [5, 5.41) is 18.4. The SMILES string of the molecule is O=C(O)Nc1nocc1C[C@@H]1CN(c2cc(F)c(-c3ccc(-n4cncn4)nc3)c(F)c2)C(=O)O1. The van der Waals surface area contributed by atoms with E-state index in [1.54, 1.807) is 0 Å². The molecule has 0 unspecified atom stereocenters. The third-order valence-electron chi connectivity index (χ3n) is 5.22. The fourth-order valence-corrected chi connectivity index (χ4v) is 3.68. The molecule has 0 spiro atoms. The lowest BCUT2D eigenvalue weighted by atomic mass is 10.1. The van der Waals surface area contributed by atoms with E-state index in [4.69, 9.17) is 14.4 Å². The Bertz CT molecular complexity index is 1370. The highest BCUT2D eigenvalue weighted by atomic mass is 19.1. The van der Waals surface area contributed by atoms with Crippen molar-refractivity contribution in [1.82, 2.24) is 24.9 Å². The van der Waals surface area contributed by atoms with E-state index in [-0.39, 0.29) is 35.6 Å². The van der Waals surface area contributed by atoms with E-state index < -0.39 is 29.9 Å². The number of hydrogen-bond acceptors (Lipinski definition) is 8. The van der Waals surface area contributed by atoms with Crippen LogP contribution in [-0.2, 0) is 11.2 Å². The van der Waals surface area contributed by atoms with Gasteiger partial charge in [-0.25, -0.2) is 33.0 Å². The second-order valence-electron chi connectivity index (χ2n) is 7.47. The van der Waals surface area contributed by atoms with E-state index in [9.17, 15) is 18.4 Å². The van der Waals surface area contributed by atoms with Gasteiger partial charge in [0.2, 0.25) is 0 Å². The van der Waals surface area contributed by atoms with E-state index in [0.29, 0.717) is 11.4 Å². The van der Waals surface area contributed by atoms with Crippen molar-refractivity contribution in [2.45, 2.75) is 12.5 Å². The van der Waals surface area contributed by atoms with Crippen molar-refractivity contribution in [3.05, 3.63) is 66.6 Å². The quantitative estimate of drug-likeness (QED) is 0.421. The summed E-state index contributed by atoms with van der Waals surface area (Å²) in [6.07, 6.45) is 2.51. The third-order valence-corrected chi connectivity index (χ3v) is 5.22. The molecule has 1 aromatic carbocycles. The van der Waals surface area contributed by atoms with E-state index in [1.165, 1.54) is 41.9 Å². The zero-order valence-electron chi connectivity index (χ0n) is 17.6. The lowest BCUT2D eigenvalue weighted by Crippen LogP contribution is -2.25. The molecular formula is C21H15F2N7O5. The van der Waals surface area contributed by atoms with Crippen LogP contribution >= 0.6 is 0 Å². The van der Waals surface area contributed by atoms with E-state index in [0.717, 1.165) is 17.0 Å². The molecule has 0 bridgehead atoms. The molecule has 4 heterocycles. The Balaban J connectivity index is 1.34. The molecule has 12 nitrogen and oxygen atoms in total. The number of carbonyl (C=O) groups is 2. The van der Waals surface area contributed by atoms with Crippen LogP contribution in [0.5, 0.6) is 0 Å². The van der Waals surface area contributed by atoms with Gasteiger partial charge in [-0.05, 0) is 24.3 Å². The molecule has 5 rings (SSSR count). The predicted octanol–water partition coefficient (Wildman–Crippen LogP) is 3.25. The highest BCUT2D eigenvalue weighted by Crippen LogP contribution is 2.32. The number of carboxylic acid groups (broad SMARTS) is 1. The van der Waals surface area contributed by atoms with Crippen molar-refractivity contribution < 1.29 is 32.7 Å². The van der Waals surface area contributed by atoms with E-state index in [1.807, 2.05) is 0 Å². The highest BCUT2D eigenvalue weighted by molar-refractivity contribution is 5.90. The summed E-state index contributed by atoms with van der Waals surface area (Å²) in [5.41, 5.74) is 0.229. The van der Waals surface area contributed by atoms with E-state index in [2.05, 4.69) is 25.5 Å². The second-order valence-corrected chi connectivity index (χ2v) is 7.47. The Morgan fingerprint density at radius 1 is 1.26 bits per heavy atom. The summed E-state index contributed by atoms with van der Waals surface area (Å²) in [6.45, 7) is -0.0249. The van der Waals surface area contributed by atoms with Gasteiger partial charge in [-0.2, -0.15) is 5.10 Å². The summed E-state index contributed by atoms with van der Waals surface area (Å²) in [4.78, 5) is 32.3. The number of benzene rings is 1. The summed E-state index contributed by atoms with van der Waals surface area (Å²) < 4.78 is 41.4. The molecule has 0 saturated carbocycles. The third kappa shape index (κ3) is 4.36. The van der Waals surface area contributed by atoms with Gasteiger partial charge in [0.25, 0.3) is 0 Å². The number of hydrogen-bond donors (Lipinski definition) is 2. The molecule has 2 amide bonds. The van der Waals surface area contributed by atoms with Crippen molar-refractivity contribution in [3.8, 4) is 16.9 Å². The fraction of sp³-hybridized carbons (Fsp3) is 0.143. The van der Waals surface area contributed by atoms with Crippen LogP contribution in [0.15, 0.2) is 53.9 Å². The number of aromatic nitrogens is 5. The number of cyclic esters (lactones) is 1. The van der Waals surface area contributed by atoms with Gasteiger partial charge in [0.15, 0.2) is 11.6 Å². The molecule has 1 fully saturated rings. The molecule has 0 radical (unpaired) electrons. The summed E-state index contributed by atoms with van der Waals surface area (Å²) in [6, 6.07) is 5.10. The van der Waals surface area contributed by atoms with Gasteiger partial charge in [0.1, 0.15) is 36.7 Å². The van der Waals surface area contributed by atoms with Crippen LogP contribution in [0.25, 0.3) is 16.9 Å². The first-order valence-corrected chi connectivity index (χ1v) is 10.1. The summed E-state index contributed by atoms with van der Waals surface area (Å²) in [7, 11) is 0. The normalized spacial score (nSPS) is 15.3. The minimum absolute atomic E-state index is 0.0249. The van der Waals surface area contributed by atoms with Crippen LogP contribution in [-0.4, -0.2) is 54.8 Å². The van der Waals surface area contributed by atoms with Crippen LogP contribution in [0, 0.1) is 11.6 Å². The Kier molecular flexibility index (Phi) is 5.52. The molecule has 2 N–H and O–H groups in total. The smallest absolute Gasteiger partial charge is 0.414 e. The van der Waals surface area contributed by atoms with Gasteiger partial charge >= 0.3 is 12.2 Å². The molecule has 14 heteroatoms. The molecule has 1 aliphatic rings. The molecule has 35 heavy (non-hydrogen) atoms. The van der Waals surface area contributed by atoms with Gasteiger partial charge in [0, 0.05) is 23.7 Å². The first-order valence-electron chi connectivity index (χ1n) is 10.1. The largest absolute Gasteiger partial charge is 0.465 e. The maximum atomic E-state index is 15.0. The summed E-state index contributed by atoms with van der Waals surface area (Å²) >= 11 is 0. The number of amides is 2. The standard InChI is InChI=1S/C21H15F2N7O5/c22-15-4-13(5-16(23)18(15)11-1-2-17(25-6-11)30-10-24-9-26-30)29-7-14(35-21(29)33)3-12-8-34-28-19(12)27-20(31)32/h1-2,4-6,8-10,14H,3,7H2,(H,27,28)(H,31,32)/t14-/m1/s1. The number of pyridine rings is 1. The molecule has 178 valence electrons. The van der Waals surface area contributed by atoms with Crippen LogP contribution in [0.2, 0.25) is 0 Å². The first kappa shape index (κ1) is 21.9. The molecule has 0 aliphatic carbocycles. The Morgan fingerprint density at radius 3 is 2.71 bits per heavy atom. The zero-order chi connectivity index (χ0) is 24.5. The van der Waals surface area contributed by atoms with Gasteiger partial charge in [0.05, 0.1) is 17.8 Å². The maximum absolute atomic E-state index is 15.0. The monoisotopic (exact) mass is 483 g/mol. The molecule has 1 aliphatic heterocycles. The zero-order valence-corrected chi connectivity index (χ0v) is 17.6. The minimum Gasteiger partial charge on any atom is -0.465 e. The molecule has 1 atom stereocenters. The topological polar surface area (TPSA) is 148 Å². The average molecular weight is 483 g/mol. The average Bonchev–Trinajstić information content (AvgIpc) is 3.56. The van der Waals surface area contributed by atoms with Crippen molar-refractivity contribution >= 4 is 23.7 Å². The van der Waals surface area contributed by atoms with Crippen LogP contribution in [0.4, 0.5) is 29.9 Å². The maximum Gasteiger partial charge on any atom is 0.414 e. The Morgan fingerprint density at radius 2 is 2.06 bits per heavy atom. The molecule has 4 aromatic rings. The summed E-state index contributed by atoms with van der Waals surface area (Å²) in [5.74, 6) is -1.39. The number of anilines is 2. The van der Waals surface area contributed by atoms with Crippen molar-refractivity contribution in [1.29, 1.82) is 0 Å². The van der Waals surface area contributed by atoms with Crippen LogP contribution in [0.1, 0.15) is 5.56 Å². The van der Waals surface area contributed by atoms with Gasteiger partial charge in [-0.15, -0.1) is 0 Å². The van der Waals surface area contributed by atoms with Crippen molar-refractivity contribution in [2.75, 3.05) is 16.8 Å². The second kappa shape index (κ2) is 8.81. The number of ether oxygens (including phenoxy) is 1. The van der Waals surface area contributed by atoms with Crippen molar-refractivity contribution in [2.24, 2.45) is 0 Å².